The van der Waals surface area contributed by atoms with Crippen LogP contribution in [0.2, 0.25) is 0 Å². The van der Waals surface area contributed by atoms with Crippen molar-refractivity contribution in [3.8, 4) is 0 Å². The van der Waals surface area contributed by atoms with Gasteiger partial charge >= 0.3 is 12.1 Å². The molecule has 0 saturated carbocycles. The van der Waals surface area contributed by atoms with Crippen molar-refractivity contribution in [1.82, 2.24) is 0 Å². The fourth-order valence-electron chi connectivity index (χ4n) is 1.84. The Hall–Kier alpha value is -1.27. The molecule has 0 aromatic rings. The molecule has 0 amide bonds. The van der Waals surface area contributed by atoms with Gasteiger partial charge in [-0.15, -0.1) is 11.6 Å². The lowest BCUT2D eigenvalue weighted by Gasteiger charge is -2.34. The molecule has 0 spiro atoms. The molecule has 1 heterocycles. The van der Waals surface area contributed by atoms with Crippen LogP contribution in [0.4, 0.5) is 13.2 Å². The summed E-state index contributed by atoms with van der Waals surface area (Å²) >= 11 is 5.84. The SMILES string of the molecule is O=C(O)C1=CC2=CC=CC(Cl)C2OC1C(F)(F)F. The normalized spacial score (nSPS) is 31.4. The van der Waals surface area contributed by atoms with Gasteiger partial charge in [0, 0.05) is 0 Å². The van der Waals surface area contributed by atoms with Crippen LogP contribution < -0.4 is 0 Å². The van der Waals surface area contributed by atoms with Gasteiger partial charge < -0.3 is 9.84 Å². The average molecular weight is 281 g/mol. The second-order valence-corrected chi connectivity index (χ2v) is 4.38. The van der Waals surface area contributed by atoms with Crippen LogP contribution in [-0.4, -0.2) is 34.8 Å². The molecule has 2 rings (SSSR count). The highest BCUT2D eigenvalue weighted by Crippen LogP contribution is 2.37. The third-order valence-electron chi connectivity index (χ3n) is 2.63. The maximum absolute atomic E-state index is 12.7. The minimum absolute atomic E-state index is 0.329. The molecule has 7 heteroatoms. The van der Waals surface area contributed by atoms with Crippen molar-refractivity contribution >= 4 is 17.6 Å². The van der Waals surface area contributed by atoms with Crippen LogP contribution in [-0.2, 0) is 9.53 Å². The Morgan fingerprint density at radius 2 is 2.11 bits per heavy atom. The van der Waals surface area contributed by atoms with Crippen LogP contribution in [0.25, 0.3) is 0 Å². The van der Waals surface area contributed by atoms with Gasteiger partial charge in [-0.05, 0) is 11.6 Å². The van der Waals surface area contributed by atoms with Crippen molar-refractivity contribution in [2.24, 2.45) is 0 Å². The molecule has 0 aromatic heterocycles. The maximum atomic E-state index is 12.7. The smallest absolute Gasteiger partial charge is 0.419 e. The first-order valence-electron chi connectivity index (χ1n) is 5.00. The number of hydrogen-bond donors (Lipinski definition) is 1. The fraction of sp³-hybridized carbons (Fsp3) is 0.364. The monoisotopic (exact) mass is 280 g/mol. The van der Waals surface area contributed by atoms with Gasteiger partial charge in [0.2, 0.25) is 0 Å². The highest BCUT2D eigenvalue weighted by molar-refractivity contribution is 6.22. The van der Waals surface area contributed by atoms with Crippen LogP contribution >= 0.6 is 11.6 Å². The summed E-state index contributed by atoms with van der Waals surface area (Å²) < 4.78 is 43.0. The Bertz CT molecular complexity index is 465. The van der Waals surface area contributed by atoms with Crippen LogP contribution in [0.5, 0.6) is 0 Å². The Kier molecular flexibility index (Phi) is 3.25. The van der Waals surface area contributed by atoms with E-state index in [4.69, 9.17) is 21.4 Å². The van der Waals surface area contributed by atoms with E-state index in [0.29, 0.717) is 5.57 Å². The molecule has 0 fully saturated rings. The van der Waals surface area contributed by atoms with Gasteiger partial charge in [0.15, 0.2) is 6.10 Å². The molecule has 1 N–H and O–H groups in total. The van der Waals surface area contributed by atoms with Crippen molar-refractivity contribution in [1.29, 1.82) is 0 Å². The van der Waals surface area contributed by atoms with Crippen LogP contribution in [0, 0.1) is 0 Å². The standard InChI is InChI=1S/C11H8ClF3O3/c12-7-3-1-2-5-4-6(10(16)17)9(11(13,14)15)18-8(5)7/h1-4,7-9H,(H,16,17). The number of rotatable bonds is 1. The molecule has 98 valence electrons. The van der Waals surface area contributed by atoms with Crippen LogP contribution in [0.1, 0.15) is 0 Å². The van der Waals surface area contributed by atoms with Gasteiger partial charge in [-0.2, -0.15) is 13.2 Å². The second-order valence-electron chi connectivity index (χ2n) is 3.88. The summed E-state index contributed by atoms with van der Waals surface area (Å²) in [6.07, 6.45) is -2.71. The summed E-state index contributed by atoms with van der Waals surface area (Å²) in [4.78, 5) is 10.8. The Balaban J connectivity index is 2.44. The molecule has 0 bridgehead atoms. The van der Waals surface area contributed by atoms with E-state index in [0.717, 1.165) is 6.08 Å². The van der Waals surface area contributed by atoms with Crippen LogP contribution in [0.15, 0.2) is 35.5 Å². The molecule has 18 heavy (non-hydrogen) atoms. The summed E-state index contributed by atoms with van der Waals surface area (Å²) in [6.45, 7) is 0. The van der Waals surface area contributed by atoms with Gasteiger partial charge in [0.05, 0.1) is 11.0 Å². The van der Waals surface area contributed by atoms with Crippen molar-refractivity contribution in [2.45, 2.75) is 23.8 Å². The number of aliphatic carboxylic acids is 1. The number of fused-ring (bicyclic) bond motifs is 1. The highest BCUT2D eigenvalue weighted by Gasteiger charge is 2.50. The van der Waals surface area contributed by atoms with Gasteiger partial charge in [-0.3, -0.25) is 0 Å². The van der Waals surface area contributed by atoms with E-state index in [1.54, 1.807) is 6.08 Å². The number of alkyl halides is 4. The lowest BCUT2D eigenvalue weighted by molar-refractivity contribution is -0.219. The van der Waals surface area contributed by atoms with E-state index in [1.807, 2.05) is 0 Å². The third-order valence-corrected chi connectivity index (χ3v) is 3.01. The Morgan fingerprint density at radius 1 is 1.44 bits per heavy atom. The summed E-state index contributed by atoms with van der Waals surface area (Å²) in [5, 5.41) is 8.05. The van der Waals surface area contributed by atoms with E-state index < -0.39 is 35.3 Å². The molecule has 2 aliphatic rings. The molecule has 3 nitrogen and oxygen atoms in total. The highest BCUT2D eigenvalue weighted by atomic mass is 35.5. The quantitative estimate of drug-likeness (QED) is 0.751. The van der Waals surface area contributed by atoms with Crippen molar-refractivity contribution in [3.05, 3.63) is 35.5 Å². The fourth-order valence-corrected chi connectivity index (χ4v) is 2.13. The number of carboxylic acids is 1. The predicted octanol–water partition coefficient (Wildman–Crippen LogP) is 2.43. The zero-order valence-corrected chi connectivity index (χ0v) is 9.57. The number of hydrogen-bond acceptors (Lipinski definition) is 2. The third kappa shape index (κ3) is 2.30. The van der Waals surface area contributed by atoms with E-state index in [1.165, 1.54) is 12.2 Å². The zero-order chi connectivity index (χ0) is 13.5. The summed E-state index contributed by atoms with van der Waals surface area (Å²) in [5.74, 6) is -1.66. The second kappa shape index (κ2) is 4.44. The van der Waals surface area contributed by atoms with Gasteiger partial charge in [0.1, 0.15) is 6.10 Å². The zero-order valence-electron chi connectivity index (χ0n) is 8.82. The van der Waals surface area contributed by atoms with Crippen molar-refractivity contribution in [3.63, 3.8) is 0 Å². The van der Waals surface area contributed by atoms with Crippen molar-refractivity contribution in [2.75, 3.05) is 0 Å². The number of allylic oxidation sites excluding steroid dienone is 2. The van der Waals surface area contributed by atoms with E-state index >= 15 is 0 Å². The average Bonchev–Trinajstić information content (AvgIpc) is 2.26. The van der Waals surface area contributed by atoms with Gasteiger partial charge in [-0.1, -0.05) is 18.2 Å². The van der Waals surface area contributed by atoms with E-state index in [-0.39, 0.29) is 0 Å². The lowest BCUT2D eigenvalue weighted by Crippen LogP contribution is -2.45. The number of ether oxygens (including phenoxy) is 1. The predicted molar refractivity (Wildman–Crippen MR) is 57.3 cm³/mol. The minimum atomic E-state index is -4.78. The van der Waals surface area contributed by atoms with E-state index in [9.17, 15) is 18.0 Å². The summed E-state index contributed by atoms with van der Waals surface area (Å²) in [5.41, 5.74) is -0.500. The van der Waals surface area contributed by atoms with E-state index in [2.05, 4.69) is 0 Å². The number of carbonyl (C=O) groups is 1. The molecular weight excluding hydrogens is 273 g/mol. The van der Waals surface area contributed by atoms with Gasteiger partial charge in [0.25, 0.3) is 0 Å². The first kappa shape index (κ1) is 13.2. The topological polar surface area (TPSA) is 46.5 Å². The molecule has 0 saturated heterocycles. The summed E-state index contributed by atoms with van der Waals surface area (Å²) in [7, 11) is 0. The molecule has 3 unspecified atom stereocenters. The first-order valence-corrected chi connectivity index (χ1v) is 5.44. The first-order chi connectivity index (χ1) is 8.30. The van der Waals surface area contributed by atoms with Crippen LogP contribution in [0.3, 0.4) is 0 Å². The number of carboxylic acid groups (broad SMARTS) is 1. The summed E-state index contributed by atoms with van der Waals surface area (Å²) in [6, 6.07) is 0. The Morgan fingerprint density at radius 3 is 2.67 bits per heavy atom. The minimum Gasteiger partial charge on any atom is -0.478 e. The molecule has 0 aromatic carbocycles. The van der Waals surface area contributed by atoms with Crippen molar-refractivity contribution < 1.29 is 27.8 Å². The molecule has 1 aliphatic carbocycles. The lowest BCUT2D eigenvalue weighted by atomic mass is 9.93. The largest absolute Gasteiger partial charge is 0.478 e. The molecule has 0 radical (unpaired) electrons. The molecule has 1 aliphatic heterocycles. The van der Waals surface area contributed by atoms with Gasteiger partial charge in [-0.25, -0.2) is 4.79 Å². The molecular formula is C11H8ClF3O3. The Labute approximate surface area is 105 Å². The maximum Gasteiger partial charge on any atom is 0.419 e. The molecule has 3 atom stereocenters. The number of halogens is 4.